The van der Waals surface area contributed by atoms with E-state index >= 15 is 0 Å². The van der Waals surface area contributed by atoms with E-state index in [0.717, 1.165) is 44.7 Å². The summed E-state index contributed by atoms with van der Waals surface area (Å²) in [6.07, 6.45) is 7.66. The molecule has 1 N–H and O–H groups in total. The average molecular weight is 348 g/mol. The van der Waals surface area contributed by atoms with Gasteiger partial charge in [-0.3, -0.25) is 4.79 Å². The van der Waals surface area contributed by atoms with E-state index in [1.54, 1.807) is 6.20 Å². The van der Waals surface area contributed by atoms with E-state index in [4.69, 9.17) is 0 Å². The lowest BCUT2D eigenvalue weighted by molar-refractivity contribution is 0.0947. The van der Waals surface area contributed by atoms with Crippen molar-refractivity contribution in [2.45, 2.75) is 12.8 Å². The Morgan fingerprint density at radius 3 is 2.96 bits per heavy atom. The number of nitrogens with zero attached hydrogens (tertiary/aromatic N) is 3. The van der Waals surface area contributed by atoms with Gasteiger partial charge in [-0.1, -0.05) is 30.3 Å². The summed E-state index contributed by atoms with van der Waals surface area (Å²) in [6, 6.07) is 14.3. The van der Waals surface area contributed by atoms with Crippen molar-refractivity contribution in [2.75, 3.05) is 26.2 Å². The van der Waals surface area contributed by atoms with Crippen LogP contribution in [0.15, 0.2) is 61.1 Å². The van der Waals surface area contributed by atoms with Gasteiger partial charge in [0.1, 0.15) is 5.65 Å². The molecule has 0 spiro atoms. The molecule has 1 atom stereocenters. The van der Waals surface area contributed by atoms with Gasteiger partial charge < -0.3 is 14.6 Å². The first-order valence-electron chi connectivity index (χ1n) is 9.25. The summed E-state index contributed by atoms with van der Waals surface area (Å²) >= 11 is 0. The van der Waals surface area contributed by atoms with E-state index in [9.17, 15) is 4.79 Å². The number of hydrogen-bond acceptors (Lipinski definition) is 3. The van der Waals surface area contributed by atoms with Crippen molar-refractivity contribution in [2.24, 2.45) is 5.92 Å². The molecule has 1 aliphatic rings. The molecule has 0 saturated carbocycles. The maximum atomic E-state index is 12.4. The van der Waals surface area contributed by atoms with Crippen molar-refractivity contribution in [1.29, 1.82) is 0 Å². The number of amides is 1. The second-order valence-electron chi connectivity index (χ2n) is 7.01. The van der Waals surface area contributed by atoms with Gasteiger partial charge in [-0.25, -0.2) is 4.98 Å². The number of aromatic nitrogens is 2. The molecule has 1 aliphatic heterocycles. The standard InChI is InChI=1S/C21H24N4O/c26-21(19-6-7-20-22-10-13-25(20)16-19)23-14-18-9-12-24(15-18)11-8-17-4-2-1-3-5-17/h1-7,10,13,16,18H,8-9,11-12,14-15H2,(H,23,26)/t18-/m0/s1. The van der Waals surface area contributed by atoms with Crippen molar-refractivity contribution in [3.63, 3.8) is 0 Å². The van der Waals surface area contributed by atoms with Gasteiger partial charge in [0.2, 0.25) is 0 Å². The predicted molar refractivity (Wildman–Crippen MR) is 102 cm³/mol. The molecule has 3 aromatic rings. The number of carbonyl (C=O) groups is 1. The number of benzene rings is 1. The molecule has 0 radical (unpaired) electrons. The zero-order valence-corrected chi connectivity index (χ0v) is 14.8. The van der Waals surface area contributed by atoms with Crippen LogP contribution in [0.5, 0.6) is 0 Å². The largest absolute Gasteiger partial charge is 0.352 e. The van der Waals surface area contributed by atoms with E-state index in [0.29, 0.717) is 11.5 Å². The van der Waals surface area contributed by atoms with Gasteiger partial charge in [-0.15, -0.1) is 0 Å². The molecule has 26 heavy (non-hydrogen) atoms. The van der Waals surface area contributed by atoms with Crippen LogP contribution in [-0.4, -0.2) is 46.4 Å². The van der Waals surface area contributed by atoms with E-state index in [1.165, 1.54) is 5.56 Å². The number of likely N-dealkylation sites (tertiary alicyclic amines) is 1. The van der Waals surface area contributed by atoms with Gasteiger partial charge in [0.15, 0.2) is 0 Å². The van der Waals surface area contributed by atoms with Crippen molar-refractivity contribution in [1.82, 2.24) is 19.6 Å². The molecule has 3 heterocycles. The molecule has 1 fully saturated rings. The van der Waals surface area contributed by atoms with Gasteiger partial charge in [-0.2, -0.15) is 0 Å². The Bertz CT molecular complexity index is 874. The molecular formula is C21H24N4O. The molecular weight excluding hydrogens is 324 g/mol. The maximum absolute atomic E-state index is 12.4. The quantitative estimate of drug-likeness (QED) is 0.745. The molecule has 134 valence electrons. The Labute approximate surface area is 153 Å². The minimum atomic E-state index is -0.0108. The van der Waals surface area contributed by atoms with Crippen LogP contribution in [0.1, 0.15) is 22.3 Å². The Balaban J connectivity index is 1.24. The molecule has 1 saturated heterocycles. The molecule has 2 aromatic heterocycles. The van der Waals surface area contributed by atoms with Gasteiger partial charge in [0.25, 0.3) is 5.91 Å². The smallest absolute Gasteiger partial charge is 0.252 e. The third-order valence-electron chi connectivity index (χ3n) is 5.13. The number of fused-ring (bicyclic) bond motifs is 1. The number of nitrogens with one attached hydrogen (secondary N) is 1. The summed E-state index contributed by atoms with van der Waals surface area (Å²) in [5.74, 6) is 0.523. The summed E-state index contributed by atoms with van der Waals surface area (Å²) in [6.45, 7) is 4.01. The lowest BCUT2D eigenvalue weighted by atomic mass is 10.1. The number of carbonyl (C=O) groups excluding carboxylic acids is 1. The molecule has 0 aliphatic carbocycles. The highest BCUT2D eigenvalue weighted by Crippen LogP contribution is 2.16. The lowest BCUT2D eigenvalue weighted by Crippen LogP contribution is -2.31. The first-order valence-corrected chi connectivity index (χ1v) is 9.25. The van der Waals surface area contributed by atoms with Crippen LogP contribution >= 0.6 is 0 Å². The Morgan fingerprint density at radius 2 is 2.08 bits per heavy atom. The minimum absolute atomic E-state index is 0.0108. The molecule has 5 heteroatoms. The monoisotopic (exact) mass is 348 g/mol. The summed E-state index contributed by atoms with van der Waals surface area (Å²) in [5, 5.41) is 3.09. The average Bonchev–Trinajstić information content (AvgIpc) is 3.33. The third kappa shape index (κ3) is 3.94. The van der Waals surface area contributed by atoms with E-state index in [-0.39, 0.29) is 5.91 Å². The fraction of sp³-hybridized carbons (Fsp3) is 0.333. The van der Waals surface area contributed by atoms with Crippen LogP contribution in [0.25, 0.3) is 5.65 Å². The normalized spacial score (nSPS) is 17.6. The zero-order chi connectivity index (χ0) is 17.8. The maximum Gasteiger partial charge on any atom is 0.252 e. The molecule has 0 bridgehead atoms. The SMILES string of the molecule is O=C(NC[C@@H]1CCN(CCc2ccccc2)C1)c1ccc2nccn2c1. The number of hydrogen-bond donors (Lipinski definition) is 1. The minimum Gasteiger partial charge on any atom is -0.352 e. The first kappa shape index (κ1) is 16.8. The molecule has 1 aromatic carbocycles. The van der Waals surface area contributed by atoms with E-state index < -0.39 is 0 Å². The van der Waals surface area contributed by atoms with Gasteiger partial charge in [0, 0.05) is 38.2 Å². The highest BCUT2D eigenvalue weighted by atomic mass is 16.1. The van der Waals surface area contributed by atoms with Gasteiger partial charge >= 0.3 is 0 Å². The topological polar surface area (TPSA) is 49.6 Å². The summed E-state index contributed by atoms with van der Waals surface area (Å²) < 4.78 is 1.87. The fourth-order valence-electron chi connectivity index (χ4n) is 3.61. The highest BCUT2D eigenvalue weighted by molar-refractivity contribution is 5.94. The first-order chi connectivity index (χ1) is 12.8. The van der Waals surface area contributed by atoms with Gasteiger partial charge in [0.05, 0.1) is 5.56 Å². The molecule has 1 amide bonds. The van der Waals surface area contributed by atoms with Gasteiger partial charge in [-0.05, 0) is 43.0 Å². The van der Waals surface area contributed by atoms with Crippen LogP contribution in [0.2, 0.25) is 0 Å². The fourth-order valence-corrected chi connectivity index (χ4v) is 3.61. The molecule has 4 rings (SSSR count). The molecule has 5 nitrogen and oxygen atoms in total. The highest BCUT2D eigenvalue weighted by Gasteiger charge is 2.22. The predicted octanol–water partition coefficient (Wildman–Crippen LogP) is 2.63. The number of rotatable bonds is 6. The van der Waals surface area contributed by atoms with Crippen LogP contribution in [0.4, 0.5) is 0 Å². The zero-order valence-electron chi connectivity index (χ0n) is 14.8. The Morgan fingerprint density at radius 1 is 1.19 bits per heavy atom. The van der Waals surface area contributed by atoms with Crippen LogP contribution < -0.4 is 5.32 Å². The molecule has 0 unspecified atom stereocenters. The van der Waals surface area contributed by atoms with Crippen molar-refractivity contribution >= 4 is 11.6 Å². The Kier molecular flexibility index (Phi) is 4.97. The van der Waals surface area contributed by atoms with E-state index in [2.05, 4.69) is 45.5 Å². The second-order valence-corrected chi connectivity index (χ2v) is 7.01. The lowest BCUT2D eigenvalue weighted by Gasteiger charge is -2.16. The number of pyridine rings is 1. The summed E-state index contributed by atoms with van der Waals surface area (Å²) in [4.78, 5) is 19.1. The van der Waals surface area contributed by atoms with Crippen molar-refractivity contribution in [3.8, 4) is 0 Å². The summed E-state index contributed by atoms with van der Waals surface area (Å²) in [7, 11) is 0. The number of imidazole rings is 1. The van der Waals surface area contributed by atoms with Crippen LogP contribution in [0, 0.1) is 5.92 Å². The van der Waals surface area contributed by atoms with Crippen LogP contribution in [0.3, 0.4) is 0 Å². The van der Waals surface area contributed by atoms with Crippen LogP contribution in [-0.2, 0) is 6.42 Å². The third-order valence-corrected chi connectivity index (χ3v) is 5.13. The van der Waals surface area contributed by atoms with Crippen molar-refractivity contribution < 1.29 is 4.79 Å². The second kappa shape index (κ2) is 7.70. The van der Waals surface area contributed by atoms with E-state index in [1.807, 2.05) is 28.9 Å². The van der Waals surface area contributed by atoms with Crippen molar-refractivity contribution in [3.05, 3.63) is 72.2 Å². The summed E-state index contributed by atoms with van der Waals surface area (Å²) in [5.41, 5.74) is 2.92. The Hall–Kier alpha value is -2.66.